The van der Waals surface area contributed by atoms with Crippen molar-refractivity contribution in [1.82, 2.24) is 19.9 Å². The van der Waals surface area contributed by atoms with E-state index in [1.165, 1.54) is 0 Å². The SMILES string of the molecule is CC(C)Nc1nc(NCc2cccnc2)cc(-c2ccncc2)n1. The first-order chi connectivity index (χ1) is 11.7. The highest BCUT2D eigenvalue weighted by molar-refractivity contribution is 5.64. The summed E-state index contributed by atoms with van der Waals surface area (Å²) < 4.78 is 0. The van der Waals surface area contributed by atoms with Crippen molar-refractivity contribution in [2.45, 2.75) is 26.4 Å². The van der Waals surface area contributed by atoms with Crippen LogP contribution in [-0.4, -0.2) is 26.0 Å². The summed E-state index contributed by atoms with van der Waals surface area (Å²) in [5.41, 5.74) is 2.95. The molecule has 3 aromatic heterocycles. The molecule has 0 spiro atoms. The van der Waals surface area contributed by atoms with Crippen LogP contribution in [0.2, 0.25) is 0 Å². The van der Waals surface area contributed by atoms with Gasteiger partial charge in [0, 0.05) is 49.0 Å². The minimum absolute atomic E-state index is 0.254. The van der Waals surface area contributed by atoms with Gasteiger partial charge in [-0.25, -0.2) is 4.98 Å². The smallest absolute Gasteiger partial charge is 0.225 e. The number of rotatable bonds is 6. The number of nitrogens with one attached hydrogen (secondary N) is 2. The van der Waals surface area contributed by atoms with Gasteiger partial charge in [-0.2, -0.15) is 4.98 Å². The standard InChI is InChI=1S/C18H20N6/c1-13(2)22-18-23-16(15-5-8-19-9-6-15)10-17(24-18)21-12-14-4-3-7-20-11-14/h3-11,13H,12H2,1-2H3,(H2,21,22,23,24). The number of nitrogens with zero attached hydrogens (tertiary/aromatic N) is 4. The Bertz CT molecular complexity index is 774. The molecule has 2 N–H and O–H groups in total. The van der Waals surface area contributed by atoms with E-state index < -0.39 is 0 Å². The summed E-state index contributed by atoms with van der Waals surface area (Å²) in [5, 5.41) is 6.60. The minimum Gasteiger partial charge on any atom is -0.366 e. The highest BCUT2D eigenvalue weighted by atomic mass is 15.1. The number of anilines is 2. The van der Waals surface area contributed by atoms with Crippen molar-refractivity contribution in [3.63, 3.8) is 0 Å². The number of hydrogen-bond acceptors (Lipinski definition) is 6. The van der Waals surface area contributed by atoms with Crippen LogP contribution in [-0.2, 0) is 6.54 Å². The first kappa shape index (κ1) is 15.9. The molecule has 0 radical (unpaired) electrons. The zero-order chi connectivity index (χ0) is 16.8. The normalized spacial score (nSPS) is 10.6. The second kappa shape index (κ2) is 7.50. The second-order valence-corrected chi connectivity index (χ2v) is 5.71. The summed E-state index contributed by atoms with van der Waals surface area (Å²) in [6.45, 7) is 4.78. The maximum absolute atomic E-state index is 4.60. The molecule has 0 saturated carbocycles. The quantitative estimate of drug-likeness (QED) is 0.725. The third-order valence-corrected chi connectivity index (χ3v) is 3.32. The lowest BCUT2D eigenvalue weighted by molar-refractivity contribution is 0.874. The van der Waals surface area contributed by atoms with Gasteiger partial charge >= 0.3 is 0 Å². The molecule has 0 aliphatic rings. The van der Waals surface area contributed by atoms with Crippen molar-refractivity contribution in [3.05, 3.63) is 60.7 Å². The summed E-state index contributed by atoms with van der Waals surface area (Å²) in [4.78, 5) is 17.3. The molecule has 0 bridgehead atoms. The first-order valence-electron chi connectivity index (χ1n) is 7.89. The van der Waals surface area contributed by atoms with Crippen LogP contribution in [0.15, 0.2) is 55.1 Å². The maximum Gasteiger partial charge on any atom is 0.225 e. The molecule has 0 aromatic carbocycles. The number of hydrogen-bond donors (Lipinski definition) is 2. The fourth-order valence-corrected chi connectivity index (χ4v) is 2.23. The van der Waals surface area contributed by atoms with Crippen LogP contribution in [0.4, 0.5) is 11.8 Å². The van der Waals surface area contributed by atoms with Crippen LogP contribution in [0.5, 0.6) is 0 Å². The van der Waals surface area contributed by atoms with Crippen LogP contribution in [0.1, 0.15) is 19.4 Å². The average Bonchev–Trinajstić information content (AvgIpc) is 2.61. The van der Waals surface area contributed by atoms with Gasteiger partial charge in [-0.05, 0) is 37.6 Å². The Morgan fingerprint density at radius 3 is 2.54 bits per heavy atom. The third-order valence-electron chi connectivity index (χ3n) is 3.32. The lowest BCUT2D eigenvalue weighted by Gasteiger charge is -2.13. The van der Waals surface area contributed by atoms with Gasteiger partial charge in [0.2, 0.25) is 5.95 Å². The summed E-state index contributed by atoms with van der Waals surface area (Å²) in [5.74, 6) is 1.37. The van der Waals surface area contributed by atoms with Gasteiger partial charge in [0.25, 0.3) is 0 Å². The fraction of sp³-hybridized carbons (Fsp3) is 0.222. The Kier molecular flexibility index (Phi) is 4.96. The number of aromatic nitrogens is 4. The van der Waals surface area contributed by atoms with E-state index in [0.717, 1.165) is 22.6 Å². The van der Waals surface area contributed by atoms with Crippen molar-refractivity contribution in [2.24, 2.45) is 0 Å². The molecule has 0 aliphatic carbocycles. The zero-order valence-electron chi connectivity index (χ0n) is 13.8. The van der Waals surface area contributed by atoms with Crippen LogP contribution in [0.3, 0.4) is 0 Å². The van der Waals surface area contributed by atoms with Gasteiger partial charge in [-0.3, -0.25) is 9.97 Å². The van der Waals surface area contributed by atoms with Gasteiger partial charge in [0.15, 0.2) is 0 Å². The molecule has 3 aromatic rings. The van der Waals surface area contributed by atoms with Crippen LogP contribution < -0.4 is 10.6 Å². The molecule has 0 atom stereocenters. The lowest BCUT2D eigenvalue weighted by Crippen LogP contribution is -2.14. The summed E-state index contributed by atoms with van der Waals surface area (Å²) in [6.07, 6.45) is 7.12. The Morgan fingerprint density at radius 1 is 1.00 bits per heavy atom. The minimum atomic E-state index is 0.254. The van der Waals surface area contributed by atoms with Gasteiger partial charge in [0.1, 0.15) is 5.82 Å². The van der Waals surface area contributed by atoms with E-state index in [2.05, 4.69) is 44.4 Å². The Balaban J connectivity index is 1.87. The first-order valence-corrected chi connectivity index (χ1v) is 7.89. The molecule has 0 fully saturated rings. The topological polar surface area (TPSA) is 75.6 Å². The third kappa shape index (κ3) is 4.25. The van der Waals surface area contributed by atoms with E-state index in [1.54, 1.807) is 18.6 Å². The van der Waals surface area contributed by atoms with Crippen LogP contribution >= 0.6 is 0 Å². The lowest BCUT2D eigenvalue weighted by atomic mass is 10.2. The van der Waals surface area contributed by atoms with E-state index in [9.17, 15) is 0 Å². The molecule has 0 aliphatic heterocycles. The van der Waals surface area contributed by atoms with Gasteiger partial charge in [-0.1, -0.05) is 6.07 Å². The molecule has 0 unspecified atom stereocenters. The summed E-state index contributed by atoms with van der Waals surface area (Å²) >= 11 is 0. The Hall–Kier alpha value is -3.02. The largest absolute Gasteiger partial charge is 0.366 e. The van der Waals surface area contributed by atoms with E-state index in [4.69, 9.17) is 0 Å². The molecule has 6 nitrogen and oxygen atoms in total. The molecule has 3 rings (SSSR count). The molecule has 24 heavy (non-hydrogen) atoms. The van der Waals surface area contributed by atoms with Crippen LogP contribution in [0.25, 0.3) is 11.3 Å². The van der Waals surface area contributed by atoms with Crippen molar-refractivity contribution in [3.8, 4) is 11.3 Å². The van der Waals surface area contributed by atoms with E-state index in [1.807, 2.05) is 36.5 Å². The van der Waals surface area contributed by atoms with E-state index in [-0.39, 0.29) is 6.04 Å². The monoisotopic (exact) mass is 320 g/mol. The maximum atomic E-state index is 4.60. The molecule has 3 heterocycles. The highest BCUT2D eigenvalue weighted by Gasteiger charge is 2.08. The molecule has 6 heteroatoms. The predicted molar refractivity (Wildman–Crippen MR) is 95.6 cm³/mol. The Labute approximate surface area is 141 Å². The van der Waals surface area contributed by atoms with Crippen molar-refractivity contribution < 1.29 is 0 Å². The van der Waals surface area contributed by atoms with Gasteiger partial charge in [-0.15, -0.1) is 0 Å². The second-order valence-electron chi connectivity index (χ2n) is 5.71. The van der Waals surface area contributed by atoms with E-state index in [0.29, 0.717) is 12.5 Å². The average molecular weight is 320 g/mol. The zero-order valence-corrected chi connectivity index (χ0v) is 13.8. The highest BCUT2D eigenvalue weighted by Crippen LogP contribution is 2.21. The molecular weight excluding hydrogens is 300 g/mol. The number of pyridine rings is 2. The molecule has 122 valence electrons. The molecular formula is C18H20N6. The van der Waals surface area contributed by atoms with Crippen molar-refractivity contribution in [1.29, 1.82) is 0 Å². The van der Waals surface area contributed by atoms with E-state index >= 15 is 0 Å². The fourth-order valence-electron chi connectivity index (χ4n) is 2.23. The van der Waals surface area contributed by atoms with Crippen molar-refractivity contribution in [2.75, 3.05) is 10.6 Å². The molecule has 0 amide bonds. The predicted octanol–water partition coefficient (Wildman–Crippen LogP) is 3.37. The Morgan fingerprint density at radius 2 is 1.83 bits per heavy atom. The van der Waals surface area contributed by atoms with Gasteiger partial charge < -0.3 is 10.6 Å². The summed E-state index contributed by atoms with van der Waals surface area (Å²) in [6, 6.07) is 10.0. The van der Waals surface area contributed by atoms with Gasteiger partial charge in [0.05, 0.1) is 5.69 Å². The van der Waals surface area contributed by atoms with Crippen LogP contribution in [0, 0.1) is 0 Å². The summed E-state index contributed by atoms with van der Waals surface area (Å²) in [7, 11) is 0. The molecule has 0 saturated heterocycles. The van der Waals surface area contributed by atoms with Crippen molar-refractivity contribution >= 4 is 11.8 Å².